The van der Waals surface area contributed by atoms with E-state index >= 15 is 0 Å². The lowest BCUT2D eigenvalue weighted by Gasteiger charge is -2.13. The Labute approximate surface area is 134 Å². The lowest BCUT2D eigenvalue weighted by Crippen LogP contribution is -2.07. The van der Waals surface area contributed by atoms with Crippen molar-refractivity contribution in [2.24, 2.45) is 0 Å². The van der Waals surface area contributed by atoms with E-state index in [4.69, 9.17) is 23.2 Å². The number of nitrogens with one attached hydrogen (secondary N) is 2. The van der Waals surface area contributed by atoms with Crippen LogP contribution in [0.1, 0.15) is 18.1 Å². The molecule has 2 aromatic rings. The van der Waals surface area contributed by atoms with Crippen molar-refractivity contribution in [3.05, 3.63) is 57.6 Å². The minimum absolute atomic E-state index is 0.0947. The zero-order valence-corrected chi connectivity index (χ0v) is 13.3. The van der Waals surface area contributed by atoms with Crippen molar-refractivity contribution in [3.8, 4) is 0 Å². The summed E-state index contributed by atoms with van der Waals surface area (Å²) in [5, 5.41) is 7.18. The second-order valence-electron chi connectivity index (χ2n) is 4.78. The summed E-state index contributed by atoms with van der Waals surface area (Å²) in [6.07, 6.45) is 0. The van der Waals surface area contributed by atoms with Crippen molar-refractivity contribution in [1.29, 1.82) is 0 Å². The Morgan fingerprint density at radius 2 is 1.95 bits per heavy atom. The average molecular weight is 323 g/mol. The largest absolute Gasteiger partial charge is 0.381 e. The van der Waals surface area contributed by atoms with Crippen molar-refractivity contribution in [3.63, 3.8) is 0 Å². The van der Waals surface area contributed by atoms with Crippen LogP contribution in [-0.2, 0) is 11.3 Å². The number of carbonyl (C=O) groups excluding carboxylic acids is 1. The summed E-state index contributed by atoms with van der Waals surface area (Å²) in [4.78, 5) is 11.1. The number of amides is 1. The SMILES string of the molecule is CC(=O)Nc1ccc(C)c(NCc2cccc(Cl)c2Cl)c1. The Bertz CT molecular complexity index is 671. The second kappa shape index (κ2) is 6.83. The standard InChI is InChI=1S/C16H16Cl2N2O/c1-10-6-7-13(20-11(2)21)8-15(10)19-9-12-4-3-5-14(17)16(12)18/h3-8,19H,9H2,1-2H3,(H,20,21). The molecule has 0 aliphatic carbocycles. The lowest BCUT2D eigenvalue weighted by molar-refractivity contribution is -0.114. The second-order valence-corrected chi connectivity index (χ2v) is 5.56. The van der Waals surface area contributed by atoms with Crippen molar-refractivity contribution in [2.45, 2.75) is 20.4 Å². The van der Waals surface area contributed by atoms with Crippen molar-refractivity contribution in [1.82, 2.24) is 0 Å². The van der Waals surface area contributed by atoms with E-state index in [1.54, 1.807) is 6.07 Å². The number of aryl methyl sites for hydroxylation is 1. The molecule has 2 aromatic carbocycles. The third kappa shape index (κ3) is 4.13. The Balaban J connectivity index is 2.15. The molecule has 5 heteroatoms. The quantitative estimate of drug-likeness (QED) is 0.842. The van der Waals surface area contributed by atoms with Gasteiger partial charge < -0.3 is 10.6 Å². The van der Waals surface area contributed by atoms with Crippen LogP contribution in [0.5, 0.6) is 0 Å². The van der Waals surface area contributed by atoms with Gasteiger partial charge in [-0.1, -0.05) is 41.4 Å². The van der Waals surface area contributed by atoms with E-state index in [1.807, 2.05) is 37.3 Å². The molecule has 2 rings (SSSR count). The average Bonchev–Trinajstić information content (AvgIpc) is 2.43. The van der Waals surface area contributed by atoms with E-state index < -0.39 is 0 Å². The van der Waals surface area contributed by atoms with E-state index in [9.17, 15) is 4.79 Å². The zero-order valence-electron chi connectivity index (χ0n) is 11.8. The van der Waals surface area contributed by atoms with Gasteiger partial charge in [-0.15, -0.1) is 0 Å². The van der Waals surface area contributed by atoms with Gasteiger partial charge in [0, 0.05) is 24.8 Å². The van der Waals surface area contributed by atoms with Gasteiger partial charge in [-0.2, -0.15) is 0 Å². The van der Waals surface area contributed by atoms with Crippen LogP contribution in [0.4, 0.5) is 11.4 Å². The van der Waals surface area contributed by atoms with Crippen molar-refractivity contribution >= 4 is 40.5 Å². The number of hydrogen-bond donors (Lipinski definition) is 2. The number of rotatable bonds is 4. The van der Waals surface area contributed by atoms with Gasteiger partial charge in [-0.25, -0.2) is 0 Å². The molecule has 0 bridgehead atoms. The summed E-state index contributed by atoms with van der Waals surface area (Å²) in [5.74, 6) is -0.0947. The van der Waals surface area contributed by atoms with Gasteiger partial charge in [0.2, 0.25) is 5.91 Å². The molecular formula is C16H16Cl2N2O. The third-order valence-corrected chi connectivity index (χ3v) is 3.92. The van der Waals surface area contributed by atoms with Gasteiger partial charge in [-0.05, 0) is 36.2 Å². The maximum absolute atomic E-state index is 11.1. The fourth-order valence-electron chi connectivity index (χ4n) is 1.97. The molecule has 0 unspecified atom stereocenters. The van der Waals surface area contributed by atoms with E-state index in [1.165, 1.54) is 6.92 Å². The maximum atomic E-state index is 11.1. The van der Waals surface area contributed by atoms with E-state index in [-0.39, 0.29) is 5.91 Å². The van der Waals surface area contributed by atoms with Gasteiger partial charge in [0.05, 0.1) is 10.0 Å². The minimum atomic E-state index is -0.0947. The molecule has 0 saturated carbocycles. The number of benzene rings is 2. The highest BCUT2D eigenvalue weighted by atomic mass is 35.5. The van der Waals surface area contributed by atoms with Crippen LogP contribution in [0.2, 0.25) is 10.0 Å². The van der Waals surface area contributed by atoms with Crippen LogP contribution in [0.15, 0.2) is 36.4 Å². The fraction of sp³-hybridized carbons (Fsp3) is 0.188. The predicted octanol–water partition coefficient (Wildman–Crippen LogP) is 4.87. The van der Waals surface area contributed by atoms with Crippen LogP contribution in [0.3, 0.4) is 0 Å². The number of anilines is 2. The molecule has 0 fully saturated rings. The van der Waals surface area contributed by atoms with Gasteiger partial charge >= 0.3 is 0 Å². The highest BCUT2D eigenvalue weighted by Crippen LogP contribution is 2.27. The zero-order chi connectivity index (χ0) is 15.4. The van der Waals surface area contributed by atoms with Crippen molar-refractivity contribution in [2.75, 3.05) is 10.6 Å². The molecule has 0 spiro atoms. The highest BCUT2D eigenvalue weighted by molar-refractivity contribution is 6.42. The summed E-state index contributed by atoms with van der Waals surface area (Å²) in [6.45, 7) is 4.04. The Morgan fingerprint density at radius 3 is 2.67 bits per heavy atom. The summed E-state index contributed by atoms with van der Waals surface area (Å²) >= 11 is 12.2. The summed E-state index contributed by atoms with van der Waals surface area (Å²) in [5.41, 5.74) is 3.71. The van der Waals surface area contributed by atoms with Gasteiger partial charge in [0.1, 0.15) is 0 Å². The first-order chi connectivity index (χ1) is 9.97. The Kier molecular flexibility index (Phi) is 5.10. The van der Waals surface area contributed by atoms with Crippen molar-refractivity contribution < 1.29 is 4.79 Å². The van der Waals surface area contributed by atoms with Gasteiger partial charge in [-0.3, -0.25) is 4.79 Å². The number of halogens is 2. The maximum Gasteiger partial charge on any atom is 0.221 e. The van der Waals surface area contributed by atoms with Crippen LogP contribution < -0.4 is 10.6 Å². The normalized spacial score (nSPS) is 10.3. The fourth-order valence-corrected chi connectivity index (χ4v) is 2.36. The monoisotopic (exact) mass is 322 g/mol. The molecule has 0 aliphatic heterocycles. The van der Waals surface area contributed by atoms with Crippen LogP contribution >= 0.6 is 23.2 Å². The predicted molar refractivity (Wildman–Crippen MR) is 89.3 cm³/mol. The molecule has 0 radical (unpaired) electrons. The van der Waals surface area contributed by atoms with E-state index in [0.29, 0.717) is 16.6 Å². The molecule has 0 aliphatic rings. The molecule has 110 valence electrons. The topological polar surface area (TPSA) is 41.1 Å². The Morgan fingerprint density at radius 1 is 1.19 bits per heavy atom. The summed E-state index contributed by atoms with van der Waals surface area (Å²) in [7, 11) is 0. The van der Waals surface area contributed by atoms with Gasteiger partial charge in [0.15, 0.2) is 0 Å². The highest BCUT2D eigenvalue weighted by Gasteiger charge is 2.06. The first-order valence-corrected chi connectivity index (χ1v) is 7.28. The van der Waals surface area contributed by atoms with E-state index in [0.717, 1.165) is 22.5 Å². The van der Waals surface area contributed by atoms with Crippen LogP contribution in [-0.4, -0.2) is 5.91 Å². The molecule has 0 saturated heterocycles. The third-order valence-electron chi connectivity index (χ3n) is 3.06. The molecule has 1 amide bonds. The molecule has 0 atom stereocenters. The first-order valence-electron chi connectivity index (χ1n) is 6.52. The van der Waals surface area contributed by atoms with Crippen LogP contribution in [0, 0.1) is 6.92 Å². The summed E-state index contributed by atoms with van der Waals surface area (Å²) in [6, 6.07) is 11.3. The molecule has 3 nitrogen and oxygen atoms in total. The van der Waals surface area contributed by atoms with E-state index in [2.05, 4.69) is 10.6 Å². The molecule has 0 heterocycles. The lowest BCUT2D eigenvalue weighted by atomic mass is 10.1. The molecule has 21 heavy (non-hydrogen) atoms. The Hall–Kier alpha value is -1.71. The molecule has 2 N–H and O–H groups in total. The number of carbonyl (C=O) groups is 1. The number of hydrogen-bond acceptors (Lipinski definition) is 2. The smallest absolute Gasteiger partial charge is 0.221 e. The first kappa shape index (κ1) is 15.7. The van der Waals surface area contributed by atoms with Gasteiger partial charge in [0.25, 0.3) is 0 Å². The molecular weight excluding hydrogens is 307 g/mol. The molecule has 0 aromatic heterocycles. The van der Waals surface area contributed by atoms with Crippen LogP contribution in [0.25, 0.3) is 0 Å². The minimum Gasteiger partial charge on any atom is -0.381 e. The summed E-state index contributed by atoms with van der Waals surface area (Å²) < 4.78 is 0.